The summed E-state index contributed by atoms with van der Waals surface area (Å²) in [4.78, 5) is 128. The topological polar surface area (TPSA) is 467 Å². The summed E-state index contributed by atoms with van der Waals surface area (Å²) in [7, 11) is -5.39. The highest BCUT2D eigenvalue weighted by molar-refractivity contribution is 7.91. The van der Waals surface area contributed by atoms with Crippen LogP contribution in [0.5, 0.6) is 0 Å². The summed E-state index contributed by atoms with van der Waals surface area (Å²) in [6, 6.07) is 7.65. The molecule has 1 amide bonds. The fourth-order valence-corrected chi connectivity index (χ4v) is 19.7. The molecule has 3 saturated carbocycles. The summed E-state index contributed by atoms with van der Waals surface area (Å²) >= 11 is 2.92. The minimum atomic E-state index is -3.57. The first-order valence-corrected chi connectivity index (χ1v) is 45.9. The van der Waals surface area contributed by atoms with Crippen LogP contribution in [0.2, 0.25) is 0 Å². The van der Waals surface area contributed by atoms with Crippen LogP contribution < -0.4 is 28.1 Å². The molecule has 7 aromatic rings. The van der Waals surface area contributed by atoms with Crippen molar-refractivity contribution in [3.8, 4) is 0 Å². The second-order valence-corrected chi connectivity index (χ2v) is 36.4. The molecule has 7 aromatic heterocycles. The molecule has 0 saturated heterocycles. The molecule has 10 rings (SSSR count). The third-order valence-corrected chi connectivity index (χ3v) is 26.0. The lowest BCUT2D eigenvalue weighted by atomic mass is 9.83. The number of rotatable bonds is 31. The smallest absolute Gasteiger partial charge is 0.350 e. The predicted octanol–water partition coefficient (Wildman–Crippen LogP) is 10.3. The molecule has 3 atom stereocenters. The fourth-order valence-electron chi connectivity index (χ4n) is 13.2. The first-order valence-electron chi connectivity index (χ1n) is 37.6. The number of amides is 1. The molecule has 3 fully saturated rings. The zero-order valence-corrected chi connectivity index (χ0v) is 71.3. The second kappa shape index (κ2) is 46.3. The Bertz CT molecular complexity index is 4810. The van der Waals surface area contributed by atoms with Gasteiger partial charge in [0.05, 0.1) is 100 Å². The molecule has 630 valence electrons. The van der Waals surface area contributed by atoms with Crippen LogP contribution in [0, 0.1) is 17.8 Å². The molecule has 0 bridgehead atoms. The maximum atomic E-state index is 13.5. The number of nitrogen functional groups attached to an aromatic ring is 2. The lowest BCUT2D eigenvalue weighted by Crippen LogP contribution is -2.43. The van der Waals surface area contributed by atoms with E-state index >= 15 is 0 Å². The van der Waals surface area contributed by atoms with Crippen LogP contribution in [0.1, 0.15) is 210 Å². The van der Waals surface area contributed by atoms with Crippen molar-refractivity contribution in [1.29, 1.82) is 0 Å². The largest absolute Gasteiger partial charge is 0.465 e. The van der Waals surface area contributed by atoms with E-state index in [9.17, 15) is 68.4 Å². The first kappa shape index (κ1) is 95.2. The average Bonchev–Trinajstić information content (AvgIpc) is 1.67. The maximum Gasteiger partial charge on any atom is 0.350 e. The van der Waals surface area contributed by atoms with Crippen molar-refractivity contribution in [1.82, 2.24) is 29.8 Å². The van der Waals surface area contributed by atoms with Gasteiger partial charge in [0.15, 0.2) is 46.9 Å². The number of ketones is 3. The minimum absolute atomic E-state index is 0.0116. The van der Waals surface area contributed by atoms with Crippen LogP contribution in [-0.4, -0.2) is 182 Å². The number of carbonyl (C=O) groups excluding carboxylic acids is 8. The molecule has 0 aliphatic heterocycles. The third-order valence-electron chi connectivity index (χ3n) is 19.2. The predicted molar refractivity (Wildman–Crippen MR) is 435 cm³/mol. The molecule has 0 spiro atoms. The Labute approximate surface area is 682 Å². The van der Waals surface area contributed by atoms with E-state index in [-0.39, 0.29) is 93.8 Å². The third kappa shape index (κ3) is 29.2. The van der Waals surface area contributed by atoms with E-state index in [2.05, 4.69) is 44.2 Å². The number of carbonyl (C=O) groups is 8. The van der Waals surface area contributed by atoms with E-state index in [0.29, 0.717) is 73.1 Å². The van der Waals surface area contributed by atoms with Gasteiger partial charge >= 0.3 is 23.9 Å². The molecule has 0 radical (unpaired) electrons. The number of aromatic nitrogens is 5. The molecule has 0 aromatic carbocycles. The molecule has 3 unspecified atom stereocenters. The minimum Gasteiger partial charge on any atom is -0.465 e. The molecule has 3 aliphatic carbocycles. The van der Waals surface area contributed by atoms with Crippen molar-refractivity contribution in [2.24, 2.45) is 23.5 Å². The number of esters is 4. The number of hydrogen-bond donors (Lipinski definition) is 4. The molecule has 7 N–H and O–H groups in total. The Hall–Kier alpha value is -8.66. The Balaban J connectivity index is 0.000000238. The number of nitrogens with zero attached hydrogens (tertiary/aromatic N) is 5. The Kier molecular flexibility index (Phi) is 38.3. The summed E-state index contributed by atoms with van der Waals surface area (Å²) in [5.41, 5.74) is 19.6. The van der Waals surface area contributed by atoms with Gasteiger partial charge in [0, 0.05) is 90.4 Å². The number of ether oxygens (including phenoxy) is 7. The maximum absolute atomic E-state index is 13.5. The van der Waals surface area contributed by atoms with E-state index in [0.717, 1.165) is 117 Å². The number of anilines is 2. The summed E-state index contributed by atoms with van der Waals surface area (Å²) in [6.45, 7) is 7.10. The van der Waals surface area contributed by atoms with Crippen LogP contribution in [0.4, 0.5) is 11.4 Å². The average molecular weight is 1710 g/mol. The van der Waals surface area contributed by atoms with E-state index < -0.39 is 89.5 Å². The van der Waals surface area contributed by atoms with E-state index in [1.165, 1.54) is 119 Å². The van der Waals surface area contributed by atoms with Gasteiger partial charge in [0.1, 0.15) is 34.7 Å². The van der Waals surface area contributed by atoms with Crippen LogP contribution in [0.3, 0.4) is 0 Å². The highest BCUT2D eigenvalue weighted by Gasteiger charge is 2.33. The number of nitrogens with one attached hydrogen (secondary N) is 1. The van der Waals surface area contributed by atoms with Gasteiger partial charge in [-0.05, 0) is 94.2 Å². The number of thiophene rings is 3. The van der Waals surface area contributed by atoms with Gasteiger partial charge in [-0.15, -0.1) is 34.0 Å². The van der Waals surface area contributed by atoms with Crippen molar-refractivity contribution < 1.29 is 96.8 Å². The van der Waals surface area contributed by atoms with E-state index in [1.54, 1.807) is 30.3 Å². The molecule has 31 nitrogen and oxygen atoms in total. The number of methoxy groups -OCH3 is 4. The molecule has 115 heavy (non-hydrogen) atoms. The van der Waals surface area contributed by atoms with Crippen molar-refractivity contribution in [2.45, 2.75) is 195 Å². The Morgan fingerprint density at radius 1 is 0.487 bits per heavy atom. The van der Waals surface area contributed by atoms with Gasteiger partial charge in [-0.2, -0.15) is 0 Å². The zero-order valence-electron chi connectivity index (χ0n) is 66.4. The van der Waals surface area contributed by atoms with E-state index in [1.807, 2.05) is 20.8 Å². The molecule has 3 aliphatic rings. The summed E-state index contributed by atoms with van der Waals surface area (Å²) in [5.74, 6) is -1.83. The van der Waals surface area contributed by atoms with Crippen molar-refractivity contribution in [2.75, 3.05) is 78.5 Å². The van der Waals surface area contributed by atoms with Gasteiger partial charge in [-0.25, -0.2) is 49.4 Å². The van der Waals surface area contributed by atoms with Gasteiger partial charge in [-0.1, -0.05) is 96.3 Å². The second-order valence-electron chi connectivity index (χ2n) is 27.8. The number of hydrogen-bond acceptors (Lipinski definition) is 32. The zero-order chi connectivity index (χ0) is 84.7. The number of nitrogens with two attached hydrogens (primary N) is 3. The molecule has 37 heteroatoms. The SMILES string of the molecule is CCOC(OCC)OCC.COC(=O)c1ccc(CC(=O)C(CC2CCCCC2)NC(=O)c2scc(S(C)(=O)=O)c2N)nc1.COC(=O)c1ccc(CC(=O)C(CC2CCCCC2)n2cnc3c(S(C)(=O)=O)csc3c2=O)nc1.COC(=O)c1ccc(CC(=O)C(N)CC2CCCCC2)nc1.COC(=O)c1scc(S(C)(=O)=O)c1N. The molecular formula is C78H105N9O22S6. The van der Waals surface area contributed by atoms with Crippen LogP contribution in [-0.2, 0) is 96.3 Å². The highest BCUT2D eigenvalue weighted by Crippen LogP contribution is 2.35. The summed E-state index contributed by atoms with van der Waals surface area (Å²) < 4.78 is 105. The normalized spacial score (nSPS) is 14.9. The van der Waals surface area contributed by atoms with E-state index in [4.69, 9.17) is 31.4 Å². The number of pyridine rings is 3. The summed E-state index contributed by atoms with van der Waals surface area (Å²) in [5, 5.41) is 6.88. The van der Waals surface area contributed by atoms with Gasteiger partial charge in [0.25, 0.3) is 17.9 Å². The molecular weight excluding hydrogens is 1610 g/mol. The van der Waals surface area contributed by atoms with Crippen LogP contribution in [0.15, 0.2) is 96.9 Å². The van der Waals surface area contributed by atoms with Crippen LogP contribution >= 0.6 is 34.0 Å². The standard InChI is InChI=1S/C24H27N3O6S2.C23H29N3O6S2.C17H24N2O3.C7H9NO4S2.C7H16O3/c1-33-24(30)16-8-9-17(25-12-16)11-19(28)18(10-15-6-4-3-5-7-15)27-14-26-21-20(35(2,31)32)13-34-22(21)23(27)29;1-32-23(29)15-8-9-16(25-12-15)11-18(27)17(10-14-6-4-3-5-7-14)26-22(28)21-20(24)19(13-33-21)34(2,30)31;1-22-17(21)13-7-8-14(19-11-13)10-16(20)15(18)9-12-5-3-2-4-6-12;1-12-7(9)6-5(8)4(3-13-6)14(2,10)11;1-4-8-7(9-5-2)10-6-3/h8-9,12-15,18H,3-7,10-11H2,1-2H3;8-9,12-14,17H,3-7,10-11,24H2,1-2H3,(H,26,28);7-8,11-12,15H,2-6,9-10,18H2,1H3;3H,8H2,1-2H3;7H,4-6H2,1-3H3. The number of sulfone groups is 3. The lowest BCUT2D eigenvalue weighted by molar-refractivity contribution is -0.282. The highest BCUT2D eigenvalue weighted by atomic mass is 32.2. The van der Waals surface area contributed by atoms with Crippen molar-refractivity contribution in [3.05, 3.63) is 131 Å². The fraction of sp³-hybridized carbons (Fsp3) is 0.526. The van der Waals surface area contributed by atoms with Crippen molar-refractivity contribution in [3.63, 3.8) is 0 Å². The van der Waals surface area contributed by atoms with Gasteiger partial charge < -0.3 is 55.7 Å². The van der Waals surface area contributed by atoms with Crippen LogP contribution in [0.25, 0.3) is 10.2 Å². The molecule has 7 heterocycles. The van der Waals surface area contributed by atoms with Gasteiger partial charge in [0.2, 0.25) is 0 Å². The number of fused-ring (bicyclic) bond motifs is 1. The van der Waals surface area contributed by atoms with Gasteiger partial charge in [-0.3, -0.25) is 43.5 Å². The lowest BCUT2D eigenvalue weighted by Gasteiger charge is -2.27. The van der Waals surface area contributed by atoms with Crippen molar-refractivity contribution >= 4 is 132 Å². The Morgan fingerprint density at radius 3 is 1.24 bits per heavy atom. The summed E-state index contributed by atoms with van der Waals surface area (Å²) in [6.07, 6.45) is 27.4. The quantitative estimate of drug-likeness (QED) is 0.0178. The monoisotopic (exact) mass is 1710 g/mol. The Morgan fingerprint density at radius 2 is 0.861 bits per heavy atom. The number of Topliss-reactive ketones (excluding diaryl/α,β-unsaturated/α-hetero) is 3. The first-order chi connectivity index (χ1) is 54.6.